The molecule has 6 nitrogen and oxygen atoms in total. The molecule has 0 radical (unpaired) electrons. The quantitative estimate of drug-likeness (QED) is 0.368. The van der Waals surface area contributed by atoms with Crippen LogP contribution in [-0.2, 0) is 24.3 Å². The molecular formula is C27H23ClN4O2. The molecule has 0 saturated heterocycles. The molecule has 2 aromatic heterocycles. The minimum Gasteiger partial charge on any atom is -0.325 e. The standard InChI is InChI=1S/C27H23ClN4O2/c1-2-18-11-13-20(14-12-18)30-24(33)16-32-23-10-6-4-8-21(23)25-26(32)27(34)31(17-29-25)15-19-7-3-5-9-22(19)28/h3-14,17H,2,15-16H2,1H3,(H,30,33). The van der Waals surface area contributed by atoms with E-state index in [1.165, 1.54) is 10.1 Å². The number of para-hydroxylation sites is 1. The van der Waals surface area contributed by atoms with Gasteiger partial charge >= 0.3 is 0 Å². The summed E-state index contributed by atoms with van der Waals surface area (Å²) in [6.45, 7) is 2.37. The van der Waals surface area contributed by atoms with Gasteiger partial charge in [0.25, 0.3) is 5.56 Å². The molecule has 1 N–H and O–H groups in total. The Labute approximate surface area is 201 Å². The van der Waals surface area contributed by atoms with Crippen LogP contribution in [0.5, 0.6) is 0 Å². The summed E-state index contributed by atoms with van der Waals surface area (Å²) >= 11 is 6.31. The Morgan fingerprint density at radius 2 is 1.74 bits per heavy atom. The van der Waals surface area contributed by atoms with Gasteiger partial charge in [0.15, 0.2) is 0 Å². The Kier molecular flexibility index (Phi) is 5.90. The van der Waals surface area contributed by atoms with Crippen LogP contribution in [0.4, 0.5) is 5.69 Å². The lowest BCUT2D eigenvalue weighted by Crippen LogP contribution is -2.25. The molecule has 0 aliphatic carbocycles. The molecule has 7 heteroatoms. The number of carbonyl (C=O) groups excluding carboxylic acids is 1. The van der Waals surface area contributed by atoms with Crippen LogP contribution in [0.15, 0.2) is 83.9 Å². The van der Waals surface area contributed by atoms with Crippen LogP contribution in [0.25, 0.3) is 21.9 Å². The van der Waals surface area contributed by atoms with Crippen molar-refractivity contribution in [1.29, 1.82) is 0 Å². The Balaban J connectivity index is 1.55. The van der Waals surface area contributed by atoms with Gasteiger partial charge in [-0.25, -0.2) is 4.98 Å². The van der Waals surface area contributed by atoms with Crippen molar-refractivity contribution in [2.75, 3.05) is 5.32 Å². The second-order valence-electron chi connectivity index (χ2n) is 8.17. The van der Waals surface area contributed by atoms with E-state index in [0.717, 1.165) is 28.6 Å². The van der Waals surface area contributed by atoms with Crippen LogP contribution in [-0.4, -0.2) is 20.0 Å². The van der Waals surface area contributed by atoms with Gasteiger partial charge in [-0.15, -0.1) is 0 Å². The fourth-order valence-electron chi connectivity index (χ4n) is 4.20. The highest BCUT2D eigenvalue weighted by Crippen LogP contribution is 2.25. The zero-order chi connectivity index (χ0) is 23.7. The van der Waals surface area contributed by atoms with Crippen LogP contribution in [0.1, 0.15) is 18.1 Å². The SMILES string of the molecule is CCc1ccc(NC(=O)Cn2c3ccccc3c3ncn(Cc4ccccc4Cl)c(=O)c32)cc1. The first-order chi connectivity index (χ1) is 16.5. The highest BCUT2D eigenvalue weighted by atomic mass is 35.5. The molecule has 170 valence electrons. The van der Waals surface area contributed by atoms with Gasteiger partial charge in [0, 0.05) is 16.1 Å². The molecule has 1 amide bonds. The second kappa shape index (κ2) is 9.15. The number of hydrogen-bond donors (Lipinski definition) is 1. The molecule has 0 saturated carbocycles. The summed E-state index contributed by atoms with van der Waals surface area (Å²) in [6, 6.07) is 22.8. The van der Waals surface area contributed by atoms with Crippen LogP contribution in [0.2, 0.25) is 5.02 Å². The molecule has 0 aliphatic rings. The number of hydrogen-bond acceptors (Lipinski definition) is 3. The molecule has 0 fully saturated rings. The van der Waals surface area contributed by atoms with Crippen molar-refractivity contribution in [3.8, 4) is 0 Å². The summed E-state index contributed by atoms with van der Waals surface area (Å²) in [5, 5.41) is 4.36. The smallest absolute Gasteiger partial charge is 0.278 e. The summed E-state index contributed by atoms with van der Waals surface area (Å²) in [6.07, 6.45) is 2.48. The summed E-state index contributed by atoms with van der Waals surface area (Å²) in [5.41, 5.74) is 4.28. The van der Waals surface area contributed by atoms with E-state index in [-0.39, 0.29) is 18.0 Å². The van der Waals surface area contributed by atoms with Crippen molar-refractivity contribution in [2.45, 2.75) is 26.4 Å². The lowest BCUT2D eigenvalue weighted by atomic mass is 10.1. The molecule has 2 heterocycles. The van der Waals surface area contributed by atoms with E-state index in [4.69, 9.17) is 11.6 Å². The average molecular weight is 471 g/mol. The number of halogens is 1. The Morgan fingerprint density at radius 1 is 1.00 bits per heavy atom. The second-order valence-corrected chi connectivity index (χ2v) is 8.58. The number of carbonyl (C=O) groups is 1. The molecule has 0 bridgehead atoms. The topological polar surface area (TPSA) is 68.9 Å². The average Bonchev–Trinajstić information content (AvgIpc) is 3.16. The van der Waals surface area contributed by atoms with Crippen LogP contribution < -0.4 is 10.9 Å². The zero-order valence-corrected chi connectivity index (χ0v) is 19.4. The number of nitrogens with one attached hydrogen (secondary N) is 1. The van der Waals surface area contributed by atoms with Gasteiger partial charge in [-0.3, -0.25) is 14.2 Å². The first-order valence-corrected chi connectivity index (χ1v) is 11.5. The lowest BCUT2D eigenvalue weighted by molar-refractivity contribution is -0.116. The predicted octanol–water partition coefficient (Wildman–Crippen LogP) is 5.25. The third-order valence-corrected chi connectivity index (χ3v) is 6.35. The predicted molar refractivity (Wildman–Crippen MR) is 137 cm³/mol. The molecule has 3 aromatic carbocycles. The first kappa shape index (κ1) is 21.9. The summed E-state index contributed by atoms with van der Waals surface area (Å²) in [7, 11) is 0. The minimum absolute atomic E-state index is 0.00737. The monoisotopic (exact) mass is 470 g/mol. The summed E-state index contributed by atoms with van der Waals surface area (Å²) in [5.74, 6) is -0.215. The Hall–Kier alpha value is -3.90. The van der Waals surface area contributed by atoms with Crippen molar-refractivity contribution in [3.63, 3.8) is 0 Å². The Bertz CT molecular complexity index is 1570. The molecule has 0 atom stereocenters. The summed E-state index contributed by atoms with van der Waals surface area (Å²) < 4.78 is 3.28. The van der Waals surface area contributed by atoms with E-state index in [2.05, 4.69) is 17.2 Å². The van der Waals surface area contributed by atoms with E-state index in [0.29, 0.717) is 22.6 Å². The van der Waals surface area contributed by atoms with Crippen LogP contribution >= 0.6 is 11.6 Å². The normalized spacial score (nSPS) is 11.2. The van der Waals surface area contributed by atoms with Gasteiger partial charge in [0.2, 0.25) is 5.91 Å². The first-order valence-electron chi connectivity index (χ1n) is 11.1. The number of aryl methyl sites for hydroxylation is 1. The zero-order valence-electron chi connectivity index (χ0n) is 18.7. The minimum atomic E-state index is -0.221. The molecule has 0 unspecified atom stereocenters. The molecule has 0 spiro atoms. The maximum absolute atomic E-state index is 13.6. The number of fused-ring (bicyclic) bond motifs is 3. The van der Waals surface area contributed by atoms with Gasteiger partial charge in [-0.2, -0.15) is 0 Å². The van der Waals surface area contributed by atoms with Gasteiger partial charge < -0.3 is 9.88 Å². The van der Waals surface area contributed by atoms with Gasteiger partial charge in [-0.1, -0.05) is 67.1 Å². The molecule has 34 heavy (non-hydrogen) atoms. The third-order valence-electron chi connectivity index (χ3n) is 5.98. The van der Waals surface area contributed by atoms with Crippen molar-refractivity contribution in [3.05, 3.63) is 106 Å². The third kappa shape index (κ3) is 4.08. The fourth-order valence-corrected chi connectivity index (χ4v) is 4.40. The van der Waals surface area contributed by atoms with Crippen LogP contribution in [0.3, 0.4) is 0 Å². The number of nitrogens with zero attached hydrogens (tertiary/aromatic N) is 3. The van der Waals surface area contributed by atoms with Gasteiger partial charge in [0.1, 0.15) is 17.6 Å². The number of rotatable bonds is 6. The maximum Gasteiger partial charge on any atom is 0.278 e. The number of benzene rings is 3. The maximum atomic E-state index is 13.6. The van der Waals surface area contributed by atoms with Gasteiger partial charge in [-0.05, 0) is 41.8 Å². The van der Waals surface area contributed by atoms with Crippen molar-refractivity contribution >= 4 is 45.1 Å². The number of anilines is 1. The van der Waals surface area contributed by atoms with Crippen LogP contribution in [0, 0.1) is 0 Å². The van der Waals surface area contributed by atoms with Crippen molar-refractivity contribution < 1.29 is 4.79 Å². The highest BCUT2D eigenvalue weighted by molar-refractivity contribution is 6.31. The molecule has 5 rings (SSSR count). The Morgan fingerprint density at radius 3 is 2.50 bits per heavy atom. The summed E-state index contributed by atoms with van der Waals surface area (Å²) in [4.78, 5) is 31.1. The molecular weight excluding hydrogens is 448 g/mol. The van der Waals surface area contributed by atoms with E-state index in [1.807, 2.05) is 66.7 Å². The number of amides is 1. The molecule has 0 aliphatic heterocycles. The van der Waals surface area contributed by atoms with E-state index in [1.54, 1.807) is 17.0 Å². The van der Waals surface area contributed by atoms with E-state index >= 15 is 0 Å². The number of aromatic nitrogens is 3. The van der Waals surface area contributed by atoms with E-state index in [9.17, 15) is 9.59 Å². The van der Waals surface area contributed by atoms with Crippen molar-refractivity contribution in [2.24, 2.45) is 0 Å². The van der Waals surface area contributed by atoms with Gasteiger partial charge in [0.05, 0.1) is 18.4 Å². The highest BCUT2D eigenvalue weighted by Gasteiger charge is 2.18. The molecule has 5 aromatic rings. The largest absolute Gasteiger partial charge is 0.325 e. The lowest BCUT2D eigenvalue weighted by Gasteiger charge is -2.11. The van der Waals surface area contributed by atoms with Crippen molar-refractivity contribution in [1.82, 2.24) is 14.1 Å². The van der Waals surface area contributed by atoms with E-state index < -0.39 is 0 Å². The fraction of sp³-hybridized carbons (Fsp3) is 0.148.